The standard InChI is InChI=1S/C27H29N3O3S/c1-19-11-13-21(14-12-19)30-26(28-24-10-5-4-9-23(24)27(30)32)20(2)29(15-7-16-33-3)25(31)18-22-8-6-17-34-22/h4-6,8-14,17,20H,7,15-16,18H2,1-3H3. The molecule has 4 aromatic rings. The lowest BCUT2D eigenvalue weighted by atomic mass is 10.1. The number of thiophene rings is 1. The average molecular weight is 476 g/mol. The third-order valence-corrected chi connectivity index (χ3v) is 6.78. The SMILES string of the molecule is COCCCN(C(=O)Cc1cccs1)C(C)c1nc2ccccc2c(=O)n1-c1ccc(C)cc1. The van der Waals surface area contributed by atoms with Gasteiger partial charge in [-0.05, 0) is 56.0 Å². The van der Waals surface area contributed by atoms with Gasteiger partial charge < -0.3 is 9.64 Å². The Hall–Kier alpha value is -3.29. The zero-order valence-corrected chi connectivity index (χ0v) is 20.5. The van der Waals surface area contributed by atoms with Gasteiger partial charge >= 0.3 is 0 Å². The lowest BCUT2D eigenvalue weighted by Gasteiger charge is -2.30. The molecule has 0 N–H and O–H groups in total. The second kappa shape index (κ2) is 10.8. The summed E-state index contributed by atoms with van der Waals surface area (Å²) in [6.07, 6.45) is 1.01. The zero-order valence-electron chi connectivity index (χ0n) is 19.7. The molecule has 2 aromatic heterocycles. The summed E-state index contributed by atoms with van der Waals surface area (Å²) >= 11 is 1.57. The van der Waals surface area contributed by atoms with Gasteiger partial charge in [-0.25, -0.2) is 4.98 Å². The number of amides is 1. The number of nitrogens with zero attached hydrogens (tertiary/aromatic N) is 3. The van der Waals surface area contributed by atoms with E-state index < -0.39 is 6.04 Å². The van der Waals surface area contributed by atoms with Crippen LogP contribution in [-0.2, 0) is 16.0 Å². The van der Waals surface area contributed by atoms with Crippen molar-refractivity contribution in [2.75, 3.05) is 20.3 Å². The lowest BCUT2D eigenvalue weighted by molar-refractivity contribution is -0.133. The molecule has 1 unspecified atom stereocenters. The number of aromatic nitrogens is 2. The van der Waals surface area contributed by atoms with Crippen LogP contribution in [0.1, 0.15) is 35.7 Å². The monoisotopic (exact) mass is 475 g/mol. The summed E-state index contributed by atoms with van der Waals surface area (Å²) in [4.78, 5) is 34.8. The molecule has 0 bridgehead atoms. The first-order valence-corrected chi connectivity index (χ1v) is 12.3. The molecule has 6 nitrogen and oxygen atoms in total. The Morgan fingerprint density at radius 2 is 1.88 bits per heavy atom. The van der Waals surface area contributed by atoms with Crippen LogP contribution in [0.5, 0.6) is 0 Å². The van der Waals surface area contributed by atoms with Crippen molar-refractivity contribution in [2.24, 2.45) is 0 Å². The van der Waals surface area contributed by atoms with Crippen molar-refractivity contribution in [1.82, 2.24) is 14.5 Å². The second-order valence-corrected chi connectivity index (χ2v) is 9.36. The quantitative estimate of drug-likeness (QED) is 0.322. The number of aryl methyl sites for hydroxylation is 1. The molecule has 0 saturated heterocycles. The van der Waals surface area contributed by atoms with Crippen molar-refractivity contribution in [3.8, 4) is 5.69 Å². The van der Waals surface area contributed by atoms with E-state index in [9.17, 15) is 9.59 Å². The van der Waals surface area contributed by atoms with E-state index >= 15 is 0 Å². The Morgan fingerprint density at radius 3 is 2.59 bits per heavy atom. The van der Waals surface area contributed by atoms with E-state index in [1.165, 1.54) is 0 Å². The maximum atomic E-state index is 13.6. The molecule has 0 saturated carbocycles. The molecule has 0 spiro atoms. The highest BCUT2D eigenvalue weighted by molar-refractivity contribution is 7.10. The molecular formula is C27H29N3O3S. The lowest BCUT2D eigenvalue weighted by Crippen LogP contribution is -2.39. The number of hydrogen-bond acceptors (Lipinski definition) is 5. The summed E-state index contributed by atoms with van der Waals surface area (Å²) in [6, 6.07) is 18.7. The van der Waals surface area contributed by atoms with E-state index in [-0.39, 0.29) is 11.5 Å². The number of ether oxygens (including phenoxy) is 1. The molecule has 4 rings (SSSR count). The van der Waals surface area contributed by atoms with Crippen LogP contribution in [0.4, 0.5) is 0 Å². The summed E-state index contributed by atoms with van der Waals surface area (Å²) in [6.45, 7) is 5.01. The Morgan fingerprint density at radius 1 is 1.12 bits per heavy atom. The second-order valence-electron chi connectivity index (χ2n) is 8.33. The van der Waals surface area contributed by atoms with Crippen LogP contribution in [-0.4, -0.2) is 40.6 Å². The molecule has 0 aliphatic heterocycles. The maximum Gasteiger partial charge on any atom is 0.266 e. The molecule has 0 radical (unpaired) electrons. The number of hydrogen-bond donors (Lipinski definition) is 0. The van der Waals surface area contributed by atoms with Crippen LogP contribution in [0.25, 0.3) is 16.6 Å². The van der Waals surface area contributed by atoms with Gasteiger partial charge in [-0.1, -0.05) is 35.9 Å². The number of carbonyl (C=O) groups excluding carboxylic acids is 1. The number of para-hydroxylation sites is 1. The predicted octanol–water partition coefficient (Wildman–Crippen LogP) is 4.92. The van der Waals surface area contributed by atoms with E-state index in [1.807, 2.05) is 78.7 Å². The molecule has 2 aromatic carbocycles. The van der Waals surface area contributed by atoms with Gasteiger partial charge in [0.15, 0.2) is 0 Å². The molecule has 0 aliphatic rings. The molecule has 7 heteroatoms. The first kappa shape index (κ1) is 23.9. The number of carbonyl (C=O) groups is 1. The van der Waals surface area contributed by atoms with Crippen molar-refractivity contribution < 1.29 is 9.53 Å². The van der Waals surface area contributed by atoms with Crippen molar-refractivity contribution >= 4 is 28.1 Å². The molecule has 0 fully saturated rings. The number of fused-ring (bicyclic) bond motifs is 1. The Labute approximate surface area is 203 Å². The molecule has 176 valence electrons. The van der Waals surface area contributed by atoms with E-state index in [0.29, 0.717) is 42.7 Å². The van der Waals surface area contributed by atoms with Gasteiger partial charge in [0, 0.05) is 25.1 Å². The topological polar surface area (TPSA) is 64.4 Å². The minimum Gasteiger partial charge on any atom is -0.385 e. The highest BCUT2D eigenvalue weighted by Crippen LogP contribution is 2.24. The van der Waals surface area contributed by atoms with E-state index in [2.05, 4.69) is 0 Å². The molecule has 2 heterocycles. The fourth-order valence-corrected chi connectivity index (χ4v) is 4.79. The van der Waals surface area contributed by atoms with Crippen molar-refractivity contribution in [1.29, 1.82) is 0 Å². The molecule has 34 heavy (non-hydrogen) atoms. The minimum absolute atomic E-state index is 0.00363. The fourth-order valence-electron chi connectivity index (χ4n) is 4.09. The number of methoxy groups -OCH3 is 1. The molecule has 1 atom stereocenters. The van der Waals surface area contributed by atoms with Gasteiger partial charge in [-0.3, -0.25) is 14.2 Å². The van der Waals surface area contributed by atoms with Crippen LogP contribution >= 0.6 is 11.3 Å². The van der Waals surface area contributed by atoms with Crippen LogP contribution in [0.2, 0.25) is 0 Å². The Bertz CT molecular complexity index is 1310. The van der Waals surface area contributed by atoms with Crippen molar-refractivity contribution in [3.63, 3.8) is 0 Å². The summed E-state index contributed by atoms with van der Waals surface area (Å²) in [7, 11) is 1.65. The molecule has 0 aliphatic carbocycles. The fraction of sp³-hybridized carbons (Fsp3) is 0.296. The summed E-state index contributed by atoms with van der Waals surface area (Å²) in [5, 5.41) is 2.52. The first-order valence-electron chi connectivity index (χ1n) is 11.4. The van der Waals surface area contributed by atoms with Crippen LogP contribution < -0.4 is 5.56 Å². The Kier molecular flexibility index (Phi) is 7.55. The van der Waals surface area contributed by atoms with Gasteiger partial charge in [0.1, 0.15) is 5.82 Å². The zero-order chi connectivity index (χ0) is 24.1. The van der Waals surface area contributed by atoms with E-state index in [0.717, 1.165) is 16.1 Å². The third kappa shape index (κ3) is 5.11. The summed E-state index contributed by atoms with van der Waals surface area (Å²) < 4.78 is 6.88. The number of benzene rings is 2. The average Bonchev–Trinajstić information content (AvgIpc) is 3.35. The van der Waals surface area contributed by atoms with Crippen molar-refractivity contribution in [3.05, 3.63) is 92.7 Å². The van der Waals surface area contributed by atoms with Gasteiger partial charge in [-0.15, -0.1) is 11.3 Å². The largest absolute Gasteiger partial charge is 0.385 e. The highest BCUT2D eigenvalue weighted by Gasteiger charge is 2.27. The molecular weight excluding hydrogens is 446 g/mol. The maximum absolute atomic E-state index is 13.6. The first-order chi connectivity index (χ1) is 16.5. The van der Waals surface area contributed by atoms with Crippen LogP contribution in [0, 0.1) is 6.92 Å². The van der Waals surface area contributed by atoms with Crippen LogP contribution in [0.15, 0.2) is 70.8 Å². The highest BCUT2D eigenvalue weighted by atomic mass is 32.1. The smallest absolute Gasteiger partial charge is 0.266 e. The van der Waals surface area contributed by atoms with Crippen molar-refractivity contribution in [2.45, 2.75) is 32.7 Å². The van der Waals surface area contributed by atoms with Gasteiger partial charge in [-0.2, -0.15) is 0 Å². The number of rotatable bonds is 9. The van der Waals surface area contributed by atoms with Crippen LogP contribution in [0.3, 0.4) is 0 Å². The Balaban J connectivity index is 1.82. The van der Waals surface area contributed by atoms with Gasteiger partial charge in [0.05, 0.1) is 29.1 Å². The minimum atomic E-state index is -0.414. The van der Waals surface area contributed by atoms with E-state index in [4.69, 9.17) is 9.72 Å². The van der Waals surface area contributed by atoms with Gasteiger partial charge in [0.2, 0.25) is 5.91 Å². The normalized spacial score (nSPS) is 12.1. The summed E-state index contributed by atoms with van der Waals surface area (Å²) in [5.41, 5.74) is 2.32. The predicted molar refractivity (Wildman–Crippen MR) is 137 cm³/mol. The molecule has 1 amide bonds. The summed E-state index contributed by atoms with van der Waals surface area (Å²) in [5.74, 6) is 0.549. The third-order valence-electron chi connectivity index (χ3n) is 5.91. The van der Waals surface area contributed by atoms with Gasteiger partial charge in [0.25, 0.3) is 5.56 Å². The van der Waals surface area contributed by atoms with E-state index in [1.54, 1.807) is 29.1 Å².